The molecule has 2 aromatic carbocycles. The molecule has 0 N–H and O–H groups in total. The molecule has 0 aromatic heterocycles. The van der Waals surface area contributed by atoms with E-state index in [0.29, 0.717) is 37.4 Å². The van der Waals surface area contributed by atoms with Crippen LogP contribution in [0.1, 0.15) is 81.7 Å². The van der Waals surface area contributed by atoms with Crippen molar-refractivity contribution in [3.05, 3.63) is 76.0 Å². The second-order valence-electron chi connectivity index (χ2n) is 10.6. The predicted molar refractivity (Wildman–Crippen MR) is 141 cm³/mol. The number of ether oxygens (including phenoxy) is 2. The van der Waals surface area contributed by atoms with Gasteiger partial charge in [0.2, 0.25) is 0 Å². The number of hydrogen-bond donors (Lipinski definition) is 0. The fraction of sp³-hybridized carbons (Fsp3) is 0.484. The highest BCUT2D eigenvalue weighted by Gasteiger charge is 2.34. The summed E-state index contributed by atoms with van der Waals surface area (Å²) in [6, 6.07) is 14.4. The van der Waals surface area contributed by atoms with E-state index in [1.54, 1.807) is 0 Å². The van der Waals surface area contributed by atoms with Gasteiger partial charge in [0.15, 0.2) is 5.78 Å². The second-order valence-corrected chi connectivity index (χ2v) is 10.6. The highest BCUT2D eigenvalue weighted by molar-refractivity contribution is 6.23. The van der Waals surface area contributed by atoms with E-state index >= 15 is 0 Å². The minimum atomic E-state index is -0.651. The van der Waals surface area contributed by atoms with E-state index < -0.39 is 5.41 Å². The molecule has 35 heavy (non-hydrogen) atoms. The summed E-state index contributed by atoms with van der Waals surface area (Å²) in [6.07, 6.45) is 3.40. The summed E-state index contributed by atoms with van der Waals surface area (Å²) in [5, 5.41) is 0. The van der Waals surface area contributed by atoms with E-state index in [1.165, 1.54) is 5.56 Å². The number of rotatable bonds is 9. The number of carbonyl (C=O) groups is 2. The highest BCUT2D eigenvalue weighted by atomic mass is 16.5. The lowest BCUT2D eigenvalue weighted by molar-refractivity contribution is -0.148. The summed E-state index contributed by atoms with van der Waals surface area (Å²) in [5.74, 6) is 0.379. The van der Waals surface area contributed by atoms with Gasteiger partial charge in [0, 0.05) is 19.4 Å². The first kappa shape index (κ1) is 26.9. The first-order valence-electron chi connectivity index (χ1n) is 12.9. The van der Waals surface area contributed by atoms with Crippen LogP contribution >= 0.6 is 0 Å². The molecule has 0 fully saturated rings. The molecule has 0 heterocycles. The third-order valence-corrected chi connectivity index (χ3v) is 6.57. The Morgan fingerprint density at radius 1 is 1.00 bits per heavy atom. The van der Waals surface area contributed by atoms with E-state index in [2.05, 4.69) is 32.9 Å². The maximum Gasteiger partial charge on any atom is 0.316 e. The van der Waals surface area contributed by atoms with Crippen molar-refractivity contribution in [2.75, 3.05) is 6.61 Å². The third kappa shape index (κ3) is 6.91. The van der Waals surface area contributed by atoms with Gasteiger partial charge >= 0.3 is 5.97 Å². The smallest absolute Gasteiger partial charge is 0.316 e. The summed E-state index contributed by atoms with van der Waals surface area (Å²) in [7, 11) is 0. The highest BCUT2D eigenvalue weighted by Crippen LogP contribution is 2.39. The predicted octanol–water partition coefficient (Wildman–Crippen LogP) is 7.01. The minimum Gasteiger partial charge on any atom is -0.430 e. The molecule has 0 amide bonds. The molecular weight excluding hydrogens is 436 g/mol. The number of ketones is 1. The van der Waals surface area contributed by atoms with Crippen LogP contribution in [-0.2, 0) is 38.5 Å². The van der Waals surface area contributed by atoms with Gasteiger partial charge in [-0.05, 0) is 75.1 Å². The summed E-state index contributed by atoms with van der Waals surface area (Å²) in [6.45, 7) is 13.0. The molecule has 4 nitrogen and oxygen atoms in total. The van der Waals surface area contributed by atoms with Crippen LogP contribution in [0.3, 0.4) is 0 Å². The molecule has 3 rings (SSSR count). The number of hydrogen-bond acceptors (Lipinski definition) is 4. The van der Waals surface area contributed by atoms with Crippen LogP contribution in [0.25, 0.3) is 5.57 Å². The van der Waals surface area contributed by atoms with E-state index in [0.717, 1.165) is 41.5 Å². The Bertz CT molecular complexity index is 1050. The van der Waals surface area contributed by atoms with Crippen molar-refractivity contribution in [3.63, 3.8) is 0 Å². The Morgan fingerprint density at radius 2 is 1.63 bits per heavy atom. The van der Waals surface area contributed by atoms with Gasteiger partial charge in [-0.15, -0.1) is 0 Å². The lowest BCUT2D eigenvalue weighted by Gasteiger charge is -2.29. The molecule has 0 saturated heterocycles. The maximum absolute atomic E-state index is 13.6. The lowest BCUT2D eigenvalue weighted by atomic mass is 9.79. The number of benzene rings is 2. The molecule has 0 radical (unpaired) electrons. The normalized spacial score (nSPS) is 16.5. The Morgan fingerprint density at radius 3 is 2.20 bits per heavy atom. The topological polar surface area (TPSA) is 52.6 Å². The summed E-state index contributed by atoms with van der Waals surface area (Å²) < 4.78 is 11.9. The quantitative estimate of drug-likeness (QED) is 0.289. The summed E-state index contributed by atoms with van der Waals surface area (Å²) in [4.78, 5) is 26.5. The van der Waals surface area contributed by atoms with Gasteiger partial charge in [-0.3, -0.25) is 9.59 Å². The third-order valence-electron chi connectivity index (χ3n) is 6.57. The fourth-order valence-electron chi connectivity index (χ4n) is 4.63. The van der Waals surface area contributed by atoms with Gasteiger partial charge in [0.1, 0.15) is 5.76 Å². The Kier molecular flexibility index (Phi) is 9.07. The monoisotopic (exact) mass is 476 g/mol. The molecule has 0 bridgehead atoms. The Labute approximate surface area is 210 Å². The van der Waals surface area contributed by atoms with E-state index in [4.69, 9.17) is 9.47 Å². The van der Waals surface area contributed by atoms with Gasteiger partial charge in [0.05, 0.1) is 17.6 Å². The van der Waals surface area contributed by atoms with Crippen LogP contribution < -0.4 is 0 Å². The molecular formula is C31H40O4. The number of esters is 1. The van der Waals surface area contributed by atoms with Crippen LogP contribution in [-0.4, -0.2) is 18.4 Å². The number of aryl methyl sites for hydroxylation is 3. The minimum absolute atomic E-state index is 0.0641. The second kappa shape index (κ2) is 11.8. The largest absolute Gasteiger partial charge is 0.430 e. The van der Waals surface area contributed by atoms with E-state index in [-0.39, 0.29) is 17.7 Å². The van der Waals surface area contributed by atoms with Gasteiger partial charge in [-0.2, -0.15) is 0 Å². The van der Waals surface area contributed by atoms with Gasteiger partial charge in [0.25, 0.3) is 0 Å². The summed E-state index contributed by atoms with van der Waals surface area (Å²) in [5.41, 5.74) is 5.53. The van der Waals surface area contributed by atoms with Crippen molar-refractivity contribution in [1.82, 2.24) is 0 Å². The molecule has 1 atom stereocenters. The molecule has 0 saturated carbocycles. The molecule has 0 aliphatic heterocycles. The van der Waals surface area contributed by atoms with E-state index in [1.807, 2.05) is 51.1 Å². The van der Waals surface area contributed by atoms with E-state index in [9.17, 15) is 9.59 Å². The zero-order valence-corrected chi connectivity index (χ0v) is 22.2. The van der Waals surface area contributed by atoms with Crippen molar-refractivity contribution in [3.8, 4) is 0 Å². The van der Waals surface area contributed by atoms with Crippen LogP contribution in [0.5, 0.6) is 0 Å². The van der Waals surface area contributed by atoms with Crippen LogP contribution in [0.15, 0.2) is 48.2 Å². The molecule has 0 spiro atoms. The average molecular weight is 477 g/mol. The Balaban J connectivity index is 1.89. The van der Waals surface area contributed by atoms with Crippen molar-refractivity contribution in [1.29, 1.82) is 0 Å². The number of allylic oxidation sites excluding steroid dienone is 2. The number of Topliss-reactive ketones (excluding diaryl/α,β-unsaturated/α-hetero) is 1. The van der Waals surface area contributed by atoms with Gasteiger partial charge in [-0.25, -0.2) is 0 Å². The first-order valence-corrected chi connectivity index (χ1v) is 12.9. The average Bonchev–Trinajstić information content (AvgIpc) is 2.81. The molecule has 1 unspecified atom stereocenters. The summed E-state index contributed by atoms with van der Waals surface area (Å²) >= 11 is 0. The zero-order valence-electron chi connectivity index (χ0n) is 22.2. The zero-order chi connectivity index (χ0) is 25.6. The first-order chi connectivity index (χ1) is 16.6. The molecule has 1 aliphatic rings. The fourth-order valence-corrected chi connectivity index (χ4v) is 4.63. The SMILES string of the molecule is CCc1cc(C)cc(CC)c1C1=C(OC(=O)C(C)(C)C)CC(CCOCc2ccccc2)CC1=O. The van der Waals surface area contributed by atoms with Crippen LogP contribution in [0.2, 0.25) is 0 Å². The van der Waals surface area contributed by atoms with Crippen LogP contribution in [0.4, 0.5) is 0 Å². The maximum atomic E-state index is 13.6. The molecule has 4 heteroatoms. The molecule has 1 aliphatic carbocycles. The van der Waals surface area contributed by atoms with Crippen molar-refractivity contribution in [2.45, 2.75) is 80.3 Å². The Hall–Kier alpha value is -2.72. The number of carbonyl (C=O) groups excluding carboxylic acids is 2. The molecule has 188 valence electrons. The van der Waals surface area contributed by atoms with Crippen molar-refractivity contribution in [2.24, 2.45) is 11.3 Å². The standard InChI is InChI=1S/C31H40O4/c1-7-24-16-21(3)17-25(8-2)28(24)29-26(32)18-23(19-27(29)35-30(33)31(4,5)6)14-15-34-20-22-12-10-9-11-13-22/h9-13,16-17,23H,7-8,14-15,18-20H2,1-6H3. The van der Waals surface area contributed by atoms with Gasteiger partial charge < -0.3 is 9.47 Å². The van der Waals surface area contributed by atoms with Gasteiger partial charge in [-0.1, -0.05) is 61.9 Å². The van der Waals surface area contributed by atoms with Crippen LogP contribution in [0, 0.1) is 18.3 Å². The van der Waals surface area contributed by atoms with Crippen molar-refractivity contribution >= 4 is 17.3 Å². The van der Waals surface area contributed by atoms with Crippen molar-refractivity contribution < 1.29 is 19.1 Å². The molecule has 2 aromatic rings. The lowest BCUT2D eigenvalue weighted by Crippen LogP contribution is -2.28.